The number of hydrogen-bond acceptors (Lipinski definition) is 6. The molecule has 1 aromatic carbocycles. The molecular weight excluding hydrogens is 755 g/mol. The van der Waals surface area contributed by atoms with E-state index in [1.807, 2.05) is 12.4 Å². The van der Waals surface area contributed by atoms with Gasteiger partial charge in [-0.1, -0.05) is 44.7 Å². The fourth-order valence-corrected chi connectivity index (χ4v) is 9.13. The van der Waals surface area contributed by atoms with Crippen molar-refractivity contribution in [3.63, 3.8) is 0 Å². The molecule has 1 aliphatic carbocycles. The molecule has 276 valence electrons. The summed E-state index contributed by atoms with van der Waals surface area (Å²) in [7, 11) is 4.42. The number of hydrogen-bond donors (Lipinski definition) is 0. The van der Waals surface area contributed by atoms with Crippen molar-refractivity contribution < 1.29 is 12.4 Å². The van der Waals surface area contributed by atoms with Crippen LogP contribution in [0.1, 0.15) is 53.9 Å². The predicted octanol–water partition coefficient (Wildman–Crippen LogP) is 5.69. The van der Waals surface area contributed by atoms with Crippen molar-refractivity contribution in [1.82, 2.24) is 19.7 Å². The second-order valence-corrected chi connectivity index (χ2v) is 30.5. The third kappa shape index (κ3) is 16.3. The van der Waals surface area contributed by atoms with E-state index in [4.69, 9.17) is 0 Å². The number of fused-ring (bicyclic) bond motifs is 2. The molecule has 2 aromatic rings. The fraction of sp³-hybridized carbons (Fsp3) is 0.585. The molecule has 0 saturated carbocycles. The van der Waals surface area contributed by atoms with E-state index in [2.05, 4.69) is 147 Å². The Labute approximate surface area is 334 Å². The number of rotatable bonds is 18. The van der Waals surface area contributed by atoms with Crippen molar-refractivity contribution in [2.75, 3.05) is 64.8 Å². The van der Waals surface area contributed by atoms with Crippen LogP contribution in [0.2, 0.25) is 19.3 Å². The van der Waals surface area contributed by atoms with Crippen molar-refractivity contribution in [1.29, 1.82) is 0 Å². The second-order valence-electron chi connectivity index (χ2n) is 14.4. The predicted molar refractivity (Wildman–Crippen MR) is 223 cm³/mol. The normalized spacial score (nSPS) is 16.7. The minimum Gasteiger partial charge on any atom is -1.00 e. The summed E-state index contributed by atoms with van der Waals surface area (Å²) >= 11 is -1.64. The Morgan fingerprint density at radius 1 is 0.880 bits per heavy atom. The summed E-state index contributed by atoms with van der Waals surface area (Å²) in [4.78, 5) is 26.5. The summed E-state index contributed by atoms with van der Waals surface area (Å²) in [6, 6.07) is 11.4. The Morgan fingerprint density at radius 2 is 1.54 bits per heavy atom. The maximum absolute atomic E-state index is 4.55. The largest absolute Gasteiger partial charge is 2.00 e. The molecule has 9 heteroatoms. The summed E-state index contributed by atoms with van der Waals surface area (Å²) < 4.78 is 1.47. The van der Waals surface area contributed by atoms with Crippen molar-refractivity contribution in [3.8, 4) is 0 Å². The van der Waals surface area contributed by atoms with Gasteiger partial charge in [0.15, 0.2) is 0 Å². The second kappa shape index (κ2) is 25.8. The van der Waals surface area contributed by atoms with Crippen molar-refractivity contribution >= 4 is 64.2 Å². The fourth-order valence-electron chi connectivity index (χ4n) is 6.32. The van der Waals surface area contributed by atoms with Gasteiger partial charge in [0.05, 0.1) is 6.04 Å². The smallest absolute Gasteiger partial charge is 1.00 e. The molecule has 0 saturated heterocycles. The van der Waals surface area contributed by atoms with E-state index in [0.717, 1.165) is 31.7 Å². The van der Waals surface area contributed by atoms with Gasteiger partial charge in [0.25, 0.3) is 0 Å². The standard InChI is InChI=1S/C19H28N3.C18H28N3.CH4.3CH3.ClH.Mg.Sn/c1-5-22(6-2)15-9-10-16(3)21(4)19-13-14-20-18-12-8-7-11-17(18)19;1-4-21(5-2)15-9-8-14-20(3)18-12-13-19-17-11-7-6-10-16(17)18;;;;;;;/h7-8,11-14,16H,1,5-6,9-10,15H2,2-4H3;6-7,10-13,16-17H,1,4-5,8-9,14-15H2,2-3H3;1H4;3*1H3;1H;;/q;-1;;;;;;+2;/p-1. The number of halogens is 1. The zero-order valence-electron chi connectivity index (χ0n) is 32.1. The van der Waals surface area contributed by atoms with Crippen LogP contribution in [-0.4, -0.2) is 139 Å². The SMILES string of the molecule is C.CCN(CCCC(C)N(C)c1ccnc2ccccc12)C[CH2][Sn]([CH3])([CH3])[CH3].[CH2-]CN(CC)CCCCN(C)C1=CC=NC2C=CC=CC12.[Cl-].[Mg+2]. The third-order valence-electron chi connectivity index (χ3n) is 9.76. The Morgan fingerprint density at radius 3 is 2.22 bits per heavy atom. The number of allylic oxidation sites excluding steroid dienone is 3. The van der Waals surface area contributed by atoms with Crippen LogP contribution >= 0.6 is 0 Å². The van der Waals surface area contributed by atoms with Gasteiger partial charge in [-0.25, -0.2) is 0 Å². The number of aromatic nitrogens is 1. The quantitative estimate of drug-likeness (QED) is 0.110. The molecule has 2 heterocycles. The van der Waals surface area contributed by atoms with Crippen LogP contribution in [-0.2, 0) is 0 Å². The Kier molecular flexibility index (Phi) is 25.2. The molecule has 0 N–H and O–H groups in total. The number of nitrogens with zero attached hydrogens (tertiary/aromatic N) is 6. The maximum Gasteiger partial charge on any atom is 2.00 e. The van der Waals surface area contributed by atoms with Crippen molar-refractivity contribution in [2.45, 2.75) is 85.2 Å². The van der Waals surface area contributed by atoms with Gasteiger partial charge in [-0.05, 0) is 32.0 Å². The van der Waals surface area contributed by atoms with Gasteiger partial charge in [-0.3, -0.25) is 4.99 Å². The van der Waals surface area contributed by atoms with Crippen LogP contribution in [0.25, 0.3) is 10.9 Å². The van der Waals surface area contributed by atoms with Gasteiger partial charge in [-0.2, -0.15) is 0 Å². The zero-order chi connectivity index (χ0) is 34.2. The molecule has 0 radical (unpaired) electrons. The molecule has 50 heavy (non-hydrogen) atoms. The molecule has 1 aromatic heterocycles. The minimum atomic E-state index is -1.64. The molecule has 4 rings (SSSR count). The van der Waals surface area contributed by atoms with E-state index in [0.29, 0.717) is 18.0 Å². The number of dihydropyridines is 1. The summed E-state index contributed by atoms with van der Waals surface area (Å²) in [5, 5.41) is 1.25. The van der Waals surface area contributed by atoms with Gasteiger partial charge in [0, 0.05) is 31.4 Å². The Balaban J connectivity index is 0.000000923. The average molecular weight is 825 g/mol. The molecule has 0 fully saturated rings. The van der Waals surface area contributed by atoms with Crippen LogP contribution in [0.4, 0.5) is 5.69 Å². The molecule has 0 amide bonds. The first-order chi connectivity index (χ1) is 22.6. The molecule has 6 nitrogen and oxygen atoms in total. The molecule has 3 unspecified atom stereocenters. The topological polar surface area (TPSA) is 38.2 Å². The number of pyridine rings is 1. The maximum atomic E-state index is 4.55. The van der Waals surface area contributed by atoms with E-state index in [9.17, 15) is 0 Å². The van der Waals surface area contributed by atoms with E-state index >= 15 is 0 Å². The van der Waals surface area contributed by atoms with Crippen molar-refractivity contribution in [3.05, 3.63) is 79.5 Å². The van der Waals surface area contributed by atoms with Crippen LogP contribution in [0.15, 0.2) is 77.6 Å². The number of benzene rings is 1. The monoisotopic (exact) mass is 824 g/mol. The Bertz CT molecular complexity index is 1320. The van der Waals surface area contributed by atoms with E-state index in [-0.39, 0.29) is 42.9 Å². The first kappa shape index (κ1) is 48.9. The first-order valence-electron chi connectivity index (χ1n) is 18.2. The summed E-state index contributed by atoms with van der Waals surface area (Å²) in [6.07, 6.45) is 19.7. The van der Waals surface area contributed by atoms with Crippen LogP contribution in [0.3, 0.4) is 0 Å². The van der Waals surface area contributed by atoms with E-state index < -0.39 is 18.4 Å². The Hall–Kier alpha value is -1.11. The first-order valence-corrected chi connectivity index (χ1v) is 28.8. The zero-order valence-corrected chi connectivity index (χ0v) is 37.1. The number of anilines is 1. The molecule has 0 bridgehead atoms. The van der Waals surface area contributed by atoms with E-state index in [1.165, 1.54) is 66.5 Å². The van der Waals surface area contributed by atoms with E-state index in [1.54, 1.807) is 0 Å². The number of aliphatic imine (C=N–C) groups is 1. The van der Waals surface area contributed by atoms with Crippen LogP contribution < -0.4 is 17.3 Å². The summed E-state index contributed by atoms with van der Waals surface area (Å²) in [5.74, 6) is 0.414. The average Bonchev–Trinajstić information content (AvgIpc) is 3.08. The molecular formula is C41H69ClMgN6Sn. The van der Waals surface area contributed by atoms with Crippen LogP contribution in [0.5, 0.6) is 0 Å². The van der Waals surface area contributed by atoms with Gasteiger partial charge < -0.3 is 29.1 Å². The van der Waals surface area contributed by atoms with Gasteiger partial charge >= 0.3 is 182 Å². The van der Waals surface area contributed by atoms with Gasteiger partial charge in [0.1, 0.15) is 0 Å². The third-order valence-corrected chi connectivity index (χ3v) is 14.7. The molecule has 2 aliphatic rings. The molecule has 3 atom stereocenters. The molecule has 1 aliphatic heterocycles. The number of unbranched alkanes of at least 4 members (excludes halogenated alkanes) is 1. The molecule has 0 spiro atoms. The van der Waals surface area contributed by atoms with Gasteiger partial charge in [0.2, 0.25) is 0 Å². The summed E-state index contributed by atoms with van der Waals surface area (Å²) in [5.41, 5.74) is 3.76. The van der Waals surface area contributed by atoms with Crippen molar-refractivity contribution in [2.24, 2.45) is 10.9 Å². The summed E-state index contributed by atoms with van der Waals surface area (Å²) in [6.45, 7) is 18.8. The number of para-hydroxylation sites is 1. The van der Waals surface area contributed by atoms with Gasteiger partial charge in [-0.15, -0.1) is 6.54 Å². The van der Waals surface area contributed by atoms with Crippen LogP contribution in [0, 0.1) is 12.8 Å². The minimum absolute atomic E-state index is 0.